The van der Waals surface area contributed by atoms with Crippen LogP contribution < -0.4 is 9.64 Å². The predicted molar refractivity (Wildman–Crippen MR) is 77.1 cm³/mol. The molecule has 0 radical (unpaired) electrons. The van der Waals surface area contributed by atoms with Gasteiger partial charge in [0.25, 0.3) is 0 Å². The van der Waals surface area contributed by atoms with Crippen LogP contribution in [-0.4, -0.2) is 30.8 Å². The number of hydrogen-bond acceptors (Lipinski definition) is 4. The fourth-order valence-corrected chi connectivity index (χ4v) is 2.03. The van der Waals surface area contributed by atoms with Crippen molar-refractivity contribution in [2.24, 2.45) is 0 Å². The molecular weight excluding hydrogens is 256 g/mol. The first kappa shape index (κ1) is 15.8. The number of anilines is 1. The highest BCUT2D eigenvalue weighted by atomic mass is 16.5. The summed E-state index contributed by atoms with van der Waals surface area (Å²) in [6.07, 6.45) is 0.657. The van der Waals surface area contributed by atoms with Gasteiger partial charge in [-0.3, -0.25) is 4.79 Å². The summed E-state index contributed by atoms with van der Waals surface area (Å²) in [6.45, 7) is 4.62. The topological polar surface area (TPSA) is 73.6 Å². The van der Waals surface area contributed by atoms with E-state index in [1.54, 1.807) is 19.2 Å². The number of nitriles is 1. The maximum Gasteiger partial charge on any atom is 0.303 e. The van der Waals surface area contributed by atoms with E-state index < -0.39 is 5.97 Å². The fraction of sp³-hybridized carbons (Fsp3) is 0.467. The van der Waals surface area contributed by atoms with Gasteiger partial charge in [-0.2, -0.15) is 5.26 Å². The Morgan fingerprint density at radius 3 is 2.70 bits per heavy atom. The lowest BCUT2D eigenvalue weighted by Gasteiger charge is -2.30. The van der Waals surface area contributed by atoms with E-state index in [4.69, 9.17) is 9.84 Å². The zero-order chi connectivity index (χ0) is 15.1. The molecule has 0 unspecified atom stereocenters. The van der Waals surface area contributed by atoms with Crippen LogP contribution in [0.25, 0.3) is 0 Å². The first-order chi connectivity index (χ1) is 9.49. The first-order valence-corrected chi connectivity index (χ1v) is 6.56. The Labute approximate surface area is 119 Å². The number of benzene rings is 1. The van der Waals surface area contributed by atoms with Gasteiger partial charge in [0.05, 0.1) is 18.4 Å². The second-order valence-corrected chi connectivity index (χ2v) is 4.78. The molecule has 0 aliphatic rings. The summed E-state index contributed by atoms with van der Waals surface area (Å²) in [5.41, 5.74) is 1.35. The van der Waals surface area contributed by atoms with Gasteiger partial charge in [-0.05, 0) is 32.4 Å². The highest BCUT2D eigenvalue weighted by Crippen LogP contribution is 2.27. The lowest BCUT2D eigenvalue weighted by atomic mass is 10.1. The summed E-state index contributed by atoms with van der Waals surface area (Å²) in [5, 5.41) is 17.9. The number of aliphatic carboxylic acids is 1. The standard InChI is InChI=1S/C15H20N2O3/c1-11(2)17(8-4-5-15(18)19)14-9-13(20-3)7-6-12(14)10-16/h6-7,9,11H,4-5,8H2,1-3H3,(H,18,19). The summed E-state index contributed by atoms with van der Waals surface area (Å²) in [7, 11) is 1.58. The number of nitrogens with zero attached hydrogens (tertiary/aromatic N) is 2. The van der Waals surface area contributed by atoms with E-state index in [0.29, 0.717) is 24.3 Å². The van der Waals surface area contributed by atoms with Crippen molar-refractivity contribution in [3.8, 4) is 11.8 Å². The Bertz CT molecular complexity index is 506. The van der Waals surface area contributed by atoms with Crippen molar-refractivity contribution in [1.82, 2.24) is 0 Å². The van der Waals surface area contributed by atoms with E-state index in [0.717, 1.165) is 5.69 Å². The number of methoxy groups -OCH3 is 1. The van der Waals surface area contributed by atoms with E-state index >= 15 is 0 Å². The van der Waals surface area contributed by atoms with Gasteiger partial charge in [-0.15, -0.1) is 0 Å². The molecule has 108 valence electrons. The zero-order valence-electron chi connectivity index (χ0n) is 12.1. The Hall–Kier alpha value is -2.22. The van der Waals surface area contributed by atoms with Crippen molar-refractivity contribution >= 4 is 11.7 Å². The molecule has 1 aromatic rings. The highest BCUT2D eigenvalue weighted by Gasteiger charge is 2.16. The van der Waals surface area contributed by atoms with Crippen LogP contribution in [0.5, 0.6) is 5.75 Å². The van der Waals surface area contributed by atoms with Gasteiger partial charge in [0.1, 0.15) is 11.8 Å². The van der Waals surface area contributed by atoms with Crippen LogP contribution in [0.4, 0.5) is 5.69 Å². The van der Waals surface area contributed by atoms with Gasteiger partial charge >= 0.3 is 5.97 Å². The Morgan fingerprint density at radius 1 is 1.50 bits per heavy atom. The van der Waals surface area contributed by atoms with E-state index in [1.807, 2.05) is 24.8 Å². The van der Waals surface area contributed by atoms with Gasteiger partial charge in [0.2, 0.25) is 0 Å². The molecule has 5 heteroatoms. The lowest BCUT2D eigenvalue weighted by Crippen LogP contribution is -2.32. The maximum absolute atomic E-state index is 10.6. The maximum atomic E-state index is 10.6. The van der Waals surface area contributed by atoms with E-state index in [2.05, 4.69) is 6.07 Å². The second-order valence-electron chi connectivity index (χ2n) is 4.78. The molecule has 0 aliphatic carbocycles. The third-order valence-electron chi connectivity index (χ3n) is 3.05. The number of carboxylic acids is 1. The number of rotatable bonds is 7. The van der Waals surface area contributed by atoms with Gasteiger partial charge < -0.3 is 14.7 Å². The summed E-state index contributed by atoms with van der Waals surface area (Å²) < 4.78 is 5.20. The minimum atomic E-state index is -0.806. The third kappa shape index (κ3) is 4.16. The number of carbonyl (C=O) groups is 1. The summed E-state index contributed by atoms with van der Waals surface area (Å²) >= 11 is 0. The van der Waals surface area contributed by atoms with Crippen LogP contribution in [-0.2, 0) is 4.79 Å². The van der Waals surface area contributed by atoms with Gasteiger partial charge in [-0.1, -0.05) is 0 Å². The van der Waals surface area contributed by atoms with Crippen LogP contribution in [0.3, 0.4) is 0 Å². The van der Waals surface area contributed by atoms with Crippen molar-refractivity contribution in [3.05, 3.63) is 23.8 Å². The van der Waals surface area contributed by atoms with Crippen LogP contribution in [0, 0.1) is 11.3 Å². The molecule has 0 aliphatic heterocycles. The molecule has 1 aromatic carbocycles. The molecule has 0 amide bonds. The molecule has 0 spiro atoms. The Morgan fingerprint density at radius 2 is 2.20 bits per heavy atom. The summed E-state index contributed by atoms with van der Waals surface area (Å²) in [5.74, 6) is -0.122. The van der Waals surface area contributed by atoms with Crippen LogP contribution >= 0.6 is 0 Å². The smallest absolute Gasteiger partial charge is 0.303 e. The molecule has 0 aromatic heterocycles. The minimum absolute atomic E-state index is 0.120. The monoisotopic (exact) mass is 276 g/mol. The normalized spacial score (nSPS) is 10.2. The Balaban J connectivity index is 3.01. The third-order valence-corrected chi connectivity index (χ3v) is 3.05. The summed E-state index contributed by atoms with van der Waals surface area (Å²) in [4.78, 5) is 12.7. The van der Waals surface area contributed by atoms with Gasteiger partial charge in [0, 0.05) is 25.1 Å². The molecule has 0 saturated heterocycles. The number of carboxylic acid groups (broad SMARTS) is 1. The largest absolute Gasteiger partial charge is 0.497 e. The molecule has 0 fully saturated rings. The molecule has 0 heterocycles. The number of hydrogen-bond donors (Lipinski definition) is 1. The predicted octanol–water partition coefficient (Wildman–Crippen LogP) is 2.65. The molecule has 20 heavy (non-hydrogen) atoms. The van der Waals surface area contributed by atoms with Gasteiger partial charge in [-0.25, -0.2) is 0 Å². The highest BCUT2D eigenvalue weighted by molar-refractivity contribution is 5.67. The second kappa shape index (κ2) is 7.39. The van der Waals surface area contributed by atoms with Crippen LogP contribution in [0.2, 0.25) is 0 Å². The fourth-order valence-electron chi connectivity index (χ4n) is 2.03. The van der Waals surface area contributed by atoms with Crippen LogP contribution in [0.15, 0.2) is 18.2 Å². The van der Waals surface area contributed by atoms with Gasteiger partial charge in [0.15, 0.2) is 0 Å². The van der Waals surface area contributed by atoms with Crippen molar-refractivity contribution in [2.45, 2.75) is 32.7 Å². The average Bonchev–Trinajstić information content (AvgIpc) is 2.42. The minimum Gasteiger partial charge on any atom is -0.497 e. The Kier molecular flexibility index (Phi) is 5.85. The van der Waals surface area contributed by atoms with Crippen molar-refractivity contribution in [2.75, 3.05) is 18.6 Å². The number of ether oxygens (including phenoxy) is 1. The van der Waals surface area contributed by atoms with E-state index in [1.165, 1.54) is 0 Å². The lowest BCUT2D eigenvalue weighted by molar-refractivity contribution is -0.137. The molecular formula is C15H20N2O3. The zero-order valence-corrected chi connectivity index (χ0v) is 12.1. The molecule has 1 rings (SSSR count). The quantitative estimate of drug-likeness (QED) is 0.828. The SMILES string of the molecule is COc1ccc(C#N)c(N(CCCC(=O)O)C(C)C)c1. The van der Waals surface area contributed by atoms with Crippen molar-refractivity contribution < 1.29 is 14.6 Å². The molecule has 0 saturated carbocycles. The first-order valence-electron chi connectivity index (χ1n) is 6.56. The molecule has 1 N–H and O–H groups in total. The molecule has 5 nitrogen and oxygen atoms in total. The molecule has 0 atom stereocenters. The van der Waals surface area contributed by atoms with Crippen molar-refractivity contribution in [3.63, 3.8) is 0 Å². The van der Waals surface area contributed by atoms with E-state index in [9.17, 15) is 10.1 Å². The van der Waals surface area contributed by atoms with E-state index in [-0.39, 0.29) is 12.5 Å². The van der Waals surface area contributed by atoms with Crippen LogP contribution in [0.1, 0.15) is 32.3 Å². The summed E-state index contributed by atoms with van der Waals surface area (Å²) in [6, 6.07) is 7.63. The average molecular weight is 276 g/mol. The van der Waals surface area contributed by atoms with Crippen molar-refractivity contribution in [1.29, 1.82) is 5.26 Å². The molecule has 0 bridgehead atoms.